The molecule has 0 radical (unpaired) electrons. The first-order valence-electron chi connectivity index (χ1n) is 8.84. The Morgan fingerprint density at radius 2 is 2.29 bits per heavy atom. The third kappa shape index (κ3) is 3.53. The van der Waals surface area contributed by atoms with Gasteiger partial charge in [0.1, 0.15) is 5.65 Å². The number of nitrogens with one attached hydrogen (secondary N) is 1. The van der Waals surface area contributed by atoms with Gasteiger partial charge in [0.25, 0.3) is 0 Å². The van der Waals surface area contributed by atoms with E-state index in [2.05, 4.69) is 10.3 Å². The van der Waals surface area contributed by atoms with Gasteiger partial charge in [-0.2, -0.15) is 0 Å². The molecule has 2 fully saturated rings. The molecule has 1 saturated carbocycles. The van der Waals surface area contributed by atoms with Gasteiger partial charge in [0, 0.05) is 50.5 Å². The molecule has 2 amide bonds. The van der Waals surface area contributed by atoms with E-state index in [1.807, 2.05) is 39.9 Å². The van der Waals surface area contributed by atoms with Crippen molar-refractivity contribution in [1.82, 2.24) is 19.6 Å². The van der Waals surface area contributed by atoms with Crippen molar-refractivity contribution in [2.24, 2.45) is 5.92 Å². The Bertz CT molecular complexity index is 671. The Balaban J connectivity index is 1.29. The summed E-state index contributed by atoms with van der Waals surface area (Å²) in [6.45, 7) is 3.06. The second kappa shape index (κ2) is 6.81. The van der Waals surface area contributed by atoms with Crippen molar-refractivity contribution in [2.75, 3.05) is 26.3 Å². The highest BCUT2D eigenvalue weighted by Gasteiger charge is 2.34. The third-order valence-corrected chi connectivity index (χ3v) is 4.80. The minimum absolute atomic E-state index is 0.0631. The lowest BCUT2D eigenvalue weighted by Gasteiger charge is -2.25. The first kappa shape index (κ1) is 15.4. The number of amides is 2. The predicted molar refractivity (Wildman–Crippen MR) is 90.9 cm³/mol. The van der Waals surface area contributed by atoms with Crippen molar-refractivity contribution in [2.45, 2.75) is 31.7 Å². The molecule has 3 heterocycles. The van der Waals surface area contributed by atoms with Crippen LogP contribution in [-0.2, 0) is 11.2 Å². The van der Waals surface area contributed by atoms with E-state index in [-0.39, 0.29) is 6.03 Å². The zero-order chi connectivity index (χ0) is 16.4. The van der Waals surface area contributed by atoms with Crippen LogP contribution in [0.5, 0.6) is 0 Å². The Morgan fingerprint density at radius 1 is 1.38 bits per heavy atom. The van der Waals surface area contributed by atoms with Gasteiger partial charge in [-0.25, -0.2) is 9.78 Å². The molecule has 1 saturated heterocycles. The van der Waals surface area contributed by atoms with E-state index < -0.39 is 0 Å². The Kier molecular flexibility index (Phi) is 4.38. The van der Waals surface area contributed by atoms with Gasteiger partial charge in [0.15, 0.2) is 0 Å². The molecule has 0 bridgehead atoms. The van der Waals surface area contributed by atoms with Crippen molar-refractivity contribution in [3.63, 3.8) is 0 Å². The summed E-state index contributed by atoms with van der Waals surface area (Å²) in [6.07, 6.45) is 8.09. The molecule has 1 unspecified atom stereocenters. The average Bonchev–Trinajstić information content (AvgIpc) is 3.13. The van der Waals surface area contributed by atoms with Gasteiger partial charge in [-0.1, -0.05) is 6.07 Å². The van der Waals surface area contributed by atoms with Crippen molar-refractivity contribution in [3.8, 4) is 0 Å². The van der Waals surface area contributed by atoms with Crippen LogP contribution in [0, 0.1) is 5.92 Å². The predicted octanol–water partition coefficient (Wildman–Crippen LogP) is 2.09. The van der Waals surface area contributed by atoms with Crippen LogP contribution in [0.1, 0.15) is 25.0 Å². The standard InChI is InChI=1S/C18H24N4O2/c23-18(22(16-4-5-16)11-14-7-10-24-13-14)19-8-6-15-12-21-9-2-1-3-17(21)20-15/h1-3,9,12,14,16H,4-8,10-11,13H2,(H,19,23). The number of urea groups is 1. The van der Waals surface area contributed by atoms with Crippen molar-refractivity contribution in [3.05, 3.63) is 36.3 Å². The normalized spacial score (nSPS) is 20.4. The van der Waals surface area contributed by atoms with Crippen LogP contribution < -0.4 is 5.32 Å². The molecule has 2 aliphatic rings. The molecule has 1 aliphatic heterocycles. The second-order valence-corrected chi connectivity index (χ2v) is 6.79. The minimum atomic E-state index is 0.0631. The molecular formula is C18H24N4O2. The number of imidazole rings is 1. The molecular weight excluding hydrogens is 304 g/mol. The van der Waals surface area contributed by atoms with Gasteiger partial charge in [0.2, 0.25) is 0 Å². The summed E-state index contributed by atoms with van der Waals surface area (Å²) in [7, 11) is 0. The highest BCUT2D eigenvalue weighted by Crippen LogP contribution is 2.28. The Labute approximate surface area is 141 Å². The average molecular weight is 328 g/mol. The lowest BCUT2D eigenvalue weighted by molar-refractivity contribution is 0.162. The highest BCUT2D eigenvalue weighted by atomic mass is 16.5. The fourth-order valence-corrected chi connectivity index (χ4v) is 3.30. The maximum absolute atomic E-state index is 12.5. The summed E-state index contributed by atoms with van der Waals surface area (Å²) in [5.74, 6) is 0.495. The van der Waals surface area contributed by atoms with E-state index in [1.165, 1.54) is 0 Å². The lowest BCUT2D eigenvalue weighted by atomic mass is 10.1. The van der Waals surface area contributed by atoms with Gasteiger partial charge in [-0.05, 0) is 31.4 Å². The topological polar surface area (TPSA) is 58.9 Å². The van der Waals surface area contributed by atoms with Crippen LogP contribution in [0.4, 0.5) is 4.79 Å². The van der Waals surface area contributed by atoms with Crippen LogP contribution in [0.15, 0.2) is 30.6 Å². The number of hydrogen-bond acceptors (Lipinski definition) is 3. The molecule has 2 aromatic heterocycles. The SMILES string of the molecule is O=C(NCCc1cn2ccccc2n1)N(CC1CCOC1)C1CC1. The summed E-state index contributed by atoms with van der Waals surface area (Å²) in [6, 6.07) is 6.45. The molecule has 6 nitrogen and oxygen atoms in total. The van der Waals surface area contributed by atoms with Crippen LogP contribution in [0.25, 0.3) is 5.65 Å². The summed E-state index contributed by atoms with van der Waals surface area (Å²) in [5.41, 5.74) is 1.95. The Hall–Kier alpha value is -2.08. The number of pyridine rings is 1. The van der Waals surface area contributed by atoms with E-state index in [0.29, 0.717) is 18.5 Å². The lowest BCUT2D eigenvalue weighted by Crippen LogP contribution is -2.44. The van der Waals surface area contributed by atoms with Crippen LogP contribution in [0.2, 0.25) is 0 Å². The van der Waals surface area contributed by atoms with Crippen molar-refractivity contribution in [1.29, 1.82) is 0 Å². The smallest absolute Gasteiger partial charge is 0.317 e. The van der Waals surface area contributed by atoms with Crippen LogP contribution >= 0.6 is 0 Å². The number of aromatic nitrogens is 2. The fraction of sp³-hybridized carbons (Fsp3) is 0.556. The number of rotatable bonds is 6. The summed E-state index contributed by atoms with van der Waals surface area (Å²) < 4.78 is 7.44. The first-order valence-corrected chi connectivity index (χ1v) is 8.84. The van der Waals surface area contributed by atoms with Crippen LogP contribution in [0.3, 0.4) is 0 Å². The molecule has 1 aliphatic carbocycles. The molecule has 128 valence electrons. The number of carbonyl (C=O) groups is 1. The first-order chi connectivity index (χ1) is 11.8. The zero-order valence-corrected chi connectivity index (χ0v) is 13.9. The molecule has 0 spiro atoms. The van der Waals surface area contributed by atoms with E-state index in [4.69, 9.17) is 4.74 Å². The van der Waals surface area contributed by atoms with Crippen molar-refractivity contribution < 1.29 is 9.53 Å². The summed E-state index contributed by atoms with van der Waals surface area (Å²) in [4.78, 5) is 19.1. The highest BCUT2D eigenvalue weighted by molar-refractivity contribution is 5.75. The van der Waals surface area contributed by atoms with Gasteiger partial charge < -0.3 is 19.4 Å². The quantitative estimate of drug-likeness (QED) is 0.883. The molecule has 2 aromatic rings. The van der Waals surface area contributed by atoms with Crippen LogP contribution in [-0.4, -0.2) is 52.7 Å². The van der Waals surface area contributed by atoms with Gasteiger partial charge in [-0.15, -0.1) is 0 Å². The second-order valence-electron chi connectivity index (χ2n) is 6.79. The zero-order valence-electron chi connectivity index (χ0n) is 13.9. The maximum atomic E-state index is 12.5. The number of nitrogens with zero attached hydrogens (tertiary/aromatic N) is 3. The summed E-state index contributed by atoms with van der Waals surface area (Å²) in [5, 5.41) is 3.07. The molecule has 0 aromatic carbocycles. The molecule has 1 N–H and O–H groups in total. The fourth-order valence-electron chi connectivity index (χ4n) is 3.30. The molecule has 24 heavy (non-hydrogen) atoms. The number of carbonyl (C=O) groups excluding carboxylic acids is 1. The number of hydrogen-bond donors (Lipinski definition) is 1. The number of fused-ring (bicyclic) bond motifs is 1. The summed E-state index contributed by atoms with van der Waals surface area (Å²) >= 11 is 0. The van der Waals surface area contributed by atoms with Crippen molar-refractivity contribution >= 4 is 11.7 Å². The van der Waals surface area contributed by atoms with E-state index >= 15 is 0 Å². The Morgan fingerprint density at radius 3 is 3.04 bits per heavy atom. The molecule has 6 heteroatoms. The third-order valence-electron chi connectivity index (χ3n) is 4.80. The molecule has 4 rings (SSSR count). The maximum Gasteiger partial charge on any atom is 0.317 e. The van der Waals surface area contributed by atoms with Gasteiger partial charge in [0.05, 0.1) is 12.3 Å². The largest absolute Gasteiger partial charge is 0.381 e. The minimum Gasteiger partial charge on any atom is -0.381 e. The van der Waals surface area contributed by atoms with Gasteiger partial charge >= 0.3 is 6.03 Å². The van der Waals surface area contributed by atoms with E-state index in [1.54, 1.807) is 0 Å². The van der Waals surface area contributed by atoms with E-state index in [9.17, 15) is 4.79 Å². The van der Waals surface area contributed by atoms with E-state index in [0.717, 1.165) is 56.8 Å². The molecule has 1 atom stereocenters. The number of ether oxygens (including phenoxy) is 1. The monoisotopic (exact) mass is 328 g/mol. The van der Waals surface area contributed by atoms with Gasteiger partial charge in [-0.3, -0.25) is 0 Å².